The van der Waals surface area contributed by atoms with Crippen LogP contribution < -0.4 is 10.7 Å². The van der Waals surface area contributed by atoms with Gasteiger partial charge in [-0.05, 0) is 26.0 Å². The lowest BCUT2D eigenvalue weighted by atomic mass is 10.1. The Balaban J connectivity index is 2.12. The van der Waals surface area contributed by atoms with Crippen molar-refractivity contribution >= 4 is 45.8 Å². The maximum Gasteiger partial charge on any atom is 0.261 e. The van der Waals surface area contributed by atoms with E-state index in [9.17, 15) is 9.59 Å². The maximum atomic E-state index is 12.7. The molecule has 6 nitrogen and oxygen atoms in total. The molecule has 0 spiro atoms. The smallest absolute Gasteiger partial charge is 0.261 e. The van der Waals surface area contributed by atoms with E-state index in [0.29, 0.717) is 17.6 Å². The molecule has 0 fully saturated rings. The summed E-state index contributed by atoms with van der Waals surface area (Å²) in [5.41, 5.74) is 1.15. The molecule has 0 aromatic carbocycles. The van der Waals surface area contributed by atoms with Gasteiger partial charge in [0, 0.05) is 30.8 Å². The zero-order valence-electron chi connectivity index (χ0n) is 13.5. The van der Waals surface area contributed by atoms with Crippen LogP contribution in [0.3, 0.4) is 0 Å². The maximum absolute atomic E-state index is 12.7. The van der Waals surface area contributed by atoms with Gasteiger partial charge in [0.05, 0.1) is 21.1 Å². The van der Waals surface area contributed by atoms with Crippen LogP contribution in [0.25, 0.3) is 11.0 Å². The SMILES string of the molecule is CCn1cc(C(=O)Nc2c(Cl)cncc2Cl)c(=O)c2ccc(C)nc21. The molecule has 3 aromatic heterocycles. The second kappa shape index (κ2) is 6.82. The van der Waals surface area contributed by atoms with Crippen molar-refractivity contribution < 1.29 is 4.79 Å². The Bertz CT molecular complexity index is 1030. The summed E-state index contributed by atoms with van der Waals surface area (Å²) in [7, 11) is 0. The van der Waals surface area contributed by atoms with Crippen LogP contribution in [0.4, 0.5) is 5.69 Å². The molecule has 0 aliphatic rings. The molecule has 0 aliphatic carbocycles. The van der Waals surface area contributed by atoms with Gasteiger partial charge in [0.2, 0.25) is 5.43 Å². The first-order valence-electron chi connectivity index (χ1n) is 7.53. The highest BCUT2D eigenvalue weighted by atomic mass is 35.5. The summed E-state index contributed by atoms with van der Waals surface area (Å²) < 4.78 is 1.76. The predicted octanol–water partition coefficient (Wildman–Crippen LogP) is 3.68. The van der Waals surface area contributed by atoms with Gasteiger partial charge >= 0.3 is 0 Å². The van der Waals surface area contributed by atoms with Crippen LogP contribution in [0, 0.1) is 6.92 Å². The number of nitrogens with zero attached hydrogens (tertiary/aromatic N) is 3. The van der Waals surface area contributed by atoms with E-state index in [0.717, 1.165) is 5.69 Å². The molecule has 3 rings (SSSR count). The summed E-state index contributed by atoms with van der Waals surface area (Å²) >= 11 is 12.0. The molecular weight excluding hydrogens is 363 g/mol. The number of nitrogens with one attached hydrogen (secondary N) is 1. The number of carbonyl (C=O) groups is 1. The van der Waals surface area contributed by atoms with E-state index < -0.39 is 11.3 Å². The molecule has 0 bridgehead atoms. The van der Waals surface area contributed by atoms with Gasteiger partial charge in [0.1, 0.15) is 11.2 Å². The van der Waals surface area contributed by atoms with Crippen LogP contribution in [0.15, 0.2) is 35.5 Å². The molecule has 0 unspecified atom stereocenters. The van der Waals surface area contributed by atoms with E-state index in [1.165, 1.54) is 18.6 Å². The van der Waals surface area contributed by atoms with E-state index in [2.05, 4.69) is 15.3 Å². The van der Waals surface area contributed by atoms with Crippen molar-refractivity contribution in [1.82, 2.24) is 14.5 Å². The third kappa shape index (κ3) is 3.23. The third-order valence-electron chi connectivity index (χ3n) is 3.74. The van der Waals surface area contributed by atoms with Gasteiger partial charge < -0.3 is 9.88 Å². The molecule has 0 saturated heterocycles. The number of anilines is 1. The summed E-state index contributed by atoms with van der Waals surface area (Å²) in [5.74, 6) is -0.593. The highest BCUT2D eigenvalue weighted by molar-refractivity contribution is 6.39. The van der Waals surface area contributed by atoms with Gasteiger partial charge in [-0.25, -0.2) is 4.98 Å². The molecule has 3 heterocycles. The molecular formula is C17H14Cl2N4O2. The third-order valence-corrected chi connectivity index (χ3v) is 4.31. The molecule has 0 aliphatic heterocycles. The Morgan fingerprint density at radius 3 is 2.56 bits per heavy atom. The van der Waals surface area contributed by atoms with Crippen LogP contribution in [-0.4, -0.2) is 20.4 Å². The topological polar surface area (TPSA) is 76.9 Å². The fraction of sp³-hybridized carbons (Fsp3) is 0.176. The lowest BCUT2D eigenvalue weighted by Crippen LogP contribution is -2.24. The zero-order chi connectivity index (χ0) is 18.1. The van der Waals surface area contributed by atoms with Crippen LogP contribution >= 0.6 is 23.2 Å². The van der Waals surface area contributed by atoms with Crippen molar-refractivity contribution in [1.29, 1.82) is 0 Å². The van der Waals surface area contributed by atoms with E-state index in [-0.39, 0.29) is 21.3 Å². The van der Waals surface area contributed by atoms with Crippen molar-refractivity contribution in [3.63, 3.8) is 0 Å². The van der Waals surface area contributed by atoms with Crippen molar-refractivity contribution in [3.8, 4) is 0 Å². The molecule has 8 heteroatoms. The number of aryl methyl sites for hydroxylation is 2. The van der Waals surface area contributed by atoms with E-state index in [4.69, 9.17) is 23.2 Å². The number of halogens is 2. The Morgan fingerprint density at radius 2 is 1.92 bits per heavy atom. The number of carbonyl (C=O) groups excluding carboxylic acids is 1. The first-order chi connectivity index (χ1) is 11.9. The molecule has 128 valence electrons. The Labute approximate surface area is 153 Å². The zero-order valence-corrected chi connectivity index (χ0v) is 15.0. The van der Waals surface area contributed by atoms with Crippen LogP contribution in [-0.2, 0) is 6.54 Å². The minimum Gasteiger partial charge on any atom is -0.332 e. The number of hydrogen-bond donors (Lipinski definition) is 1. The Kier molecular flexibility index (Phi) is 4.74. The lowest BCUT2D eigenvalue weighted by molar-refractivity contribution is 0.102. The summed E-state index contributed by atoms with van der Waals surface area (Å²) in [6.45, 7) is 4.31. The number of rotatable bonds is 3. The summed E-state index contributed by atoms with van der Waals surface area (Å²) in [6.07, 6.45) is 4.22. The van der Waals surface area contributed by atoms with E-state index in [1.54, 1.807) is 16.7 Å². The molecule has 1 amide bonds. The second-order valence-corrected chi connectivity index (χ2v) is 6.23. The number of aromatic nitrogens is 3. The van der Waals surface area contributed by atoms with Gasteiger partial charge in [-0.1, -0.05) is 23.2 Å². The van der Waals surface area contributed by atoms with Crippen molar-refractivity contribution in [2.24, 2.45) is 0 Å². The average molecular weight is 377 g/mol. The molecule has 3 aromatic rings. The predicted molar refractivity (Wildman–Crippen MR) is 98.6 cm³/mol. The van der Waals surface area contributed by atoms with Crippen molar-refractivity contribution in [3.05, 3.63) is 62.2 Å². The highest BCUT2D eigenvalue weighted by Crippen LogP contribution is 2.28. The molecule has 0 atom stereocenters. The van der Waals surface area contributed by atoms with E-state index >= 15 is 0 Å². The lowest BCUT2D eigenvalue weighted by Gasteiger charge is -2.12. The van der Waals surface area contributed by atoms with Crippen LogP contribution in [0.5, 0.6) is 0 Å². The largest absolute Gasteiger partial charge is 0.332 e. The summed E-state index contributed by atoms with van der Waals surface area (Å²) in [4.78, 5) is 33.6. The van der Waals surface area contributed by atoms with Gasteiger partial charge in [-0.15, -0.1) is 0 Å². The number of hydrogen-bond acceptors (Lipinski definition) is 4. The summed E-state index contributed by atoms with van der Waals surface area (Å²) in [5, 5.41) is 3.35. The van der Waals surface area contributed by atoms with E-state index in [1.807, 2.05) is 13.8 Å². The standard InChI is InChI=1S/C17H14Cl2N4O2/c1-3-23-8-11(15(24)10-5-4-9(2)21-16(10)23)17(25)22-14-12(18)6-20-7-13(14)19/h4-8H,3H2,1-2H3,(H,20,22,25). The van der Waals surface area contributed by atoms with Crippen molar-refractivity contribution in [2.45, 2.75) is 20.4 Å². The van der Waals surface area contributed by atoms with Gasteiger partial charge in [0.25, 0.3) is 5.91 Å². The molecule has 0 saturated carbocycles. The van der Waals surface area contributed by atoms with Crippen LogP contribution in [0.2, 0.25) is 10.0 Å². The first-order valence-corrected chi connectivity index (χ1v) is 8.29. The number of pyridine rings is 3. The fourth-order valence-corrected chi connectivity index (χ4v) is 2.93. The van der Waals surface area contributed by atoms with Crippen LogP contribution in [0.1, 0.15) is 23.0 Å². The second-order valence-electron chi connectivity index (χ2n) is 5.41. The van der Waals surface area contributed by atoms with Gasteiger partial charge in [-0.3, -0.25) is 14.6 Å². The Morgan fingerprint density at radius 1 is 1.24 bits per heavy atom. The minimum atomic E-state index is -0.593. The molecule has 1 N–H and O–H groups in total. The molecule has 25 heavy (non-hydrogen) atoms. The average Bonchev–Trinajstić information content (AvgIpc) is 2.58. The quantitative estimate of drug-likeness (QED) is 0.756. The number of amides is 1. The Hall–Kier alpha value is -2.44. The van der Waals surface area contributed by atoms with Gasteiger partial charge in [-0.2, -0.15) is 0 Å². The fourth-order valence-electron chi connectivity index (χ4n) is 2.47. The van der Waals surface area contributed by atoms with Crippen molar-refractivity contribution in [2.75, 3.05) is 5.32 Å². The normalized spacial score (nSPS) is 10.9. The summed E-state index contributed by atoms with van der Waals surface area (Å²) in [6, 6.07) is 3.41. The van der Waals surface area contributed by atoms with Gasteiger partial charge in [0.15, 0.2) is 0 Å². The monoisotopic (exact) mass is 376 g/mol. The highest BCUT2D eigenvalue weighted by Gasteiger charge is 2.18. The first kappa shape index (κ1) is 17.4. The molecule has 0 radical (unpaired) electrons. The number of fused-ring (bicyclic) bond motifs is 1. The minimum absolute atomic E-state index is 0.0102.